The molecule has 0 aromatic heterocycles. The lowest BCUT2D eigenvalue weighted by Gasteiger charge is -2.08. The van der Waals surface area contributed by atoms with Gasteiger partial charge in [0.2, 0.25) is 0 Å². The third-order valence-electron chi connectivity index (χ3n) is 2.56. The van der Waals surface area contributed by atoms with Gasteiger partial charge in [0, 0.05) is 6.54 Å². The molecule has 3 heteroatoms. The van der Waals surface area contributed by atoms with E-state index < -0.39 is 0 Å². The van der Waals surface area contributed by atoms with Crippen LogP contribution in [0.4, 0.5) is 0 Å². The molecule has 96 valence electrons. The molecule has 1 rings (SSSR count). The number of nitrogens with one attached hydrogen (secondary N) is 1. The van der Waals surface area contributed by atoms with Crippen LogP contribution in [0.3, 0.4) is 0 Å². The molecule has 0 aliphatic carbocycles. The molecule has 1 aromatic rings. The number of ether oxygens (including phenoxy) is 2. The van der Waals surface area contributed by atoms with E-state index in [2.05, 4.69) is 12.2 Å². The molecule has 0 heterocycles. The molecule has 0 saturated carbocycles. The maximum absolute atomic E-state index is 5.59. The van der Waals surface area contributed by atoms with Crippen LogP contribution in [0.1, 0.15) is 26.2 Å². The van der Waals surface area contributed by atoms with Gasteiger partial charge < -0.3 is 14.8 Å². The molecule has 1 aromatic carbocycles. The van der Waals surface area contributed by atoms with Crippen LogP contribution in [0.25, 0.3) is 0 Å². The molecule has 0 aliphatic rings. The van der Waals surface area contributed by atoms with Gasteiger partial charge in [-0.05, 0) is 37.2 Å². The Bertz CT molecular complexity index is 285. The lowest BCUT2D eigenvalue weighted by Crippen LogP contribution is -2.22. The molecule has 0 saturated heterocycles. The van der Waals surface area contributed by atoms with Crippen LogP contribution in [-0.4, -0.2) is 26.8 Å². The Morgan fingerprint density at radius 3 is 2.35 bits per heavy atom. The van der Waals surface area contributed by atoms with Crippen molar-refractivity contribution in [1.82, 2.24) is 5.32 Å². The molecule has 0 amide bonds. The van der Waals surface area contributed by atoms with Gasteiger partial charge in [0.25, 0.3) is 0 Å². The predicted octanol–water partition coefficient (Wildman–Crippen LogP) is 2.85. The monoisotopic (exact) mass is 237 g/mol. The van der Waals surface area contributed by atoms with Crippen LogP contribution in [0.5, 0.6) is 11.5 Å². The third kappa shape index (κ3) is 6.17. The molecule has 0 aliphatic heterocycles. The summed E-state index contributed by atoms with van der Waals surface area (Å²) in [5, 5.41) is 3.36. The van der Waals surface area contributed by atoms with Crippen LogP contribution < -0.4 is 14.8 Å². The summed E-state index contributed by atoms with van der Waals surface area (Å²) in [6.07, 6.45) is 3.81. The maximum Gasteiger partial charge on any atom is 0.119 e. The Kier molecular flexibility index (Phi) is 7.23. The summed E-state index contributed by atoms with van der Waals surface area (Å²) in [5.41, 5.74) is 0. The standard InChI is InChI=1S/C14H23NO2/c1-3-4-5-10-15-11-12-17-14-8-6-13(16-2)7-9-14/h6-9,15H,3-5,10-12H2,1-2H3. The van der Waals surface area contributed by atoms with E-state index in [1.54, 1.807) is 7.11 Å². The van der Waals surface area contributed by atoms with Gasteiger partial charge in [-0.25, -0.2) is 0 Å². The first-order valence-electron chi connectivity index (χ1n) is 6.34. The highest BCUT2D eigenvalue weighted by molar-refractivity contribution is 5.31. The van der Waals surface area contributed by atoms with E-state index in [1.807, 2.05) is 24.3 Å². The zero-order chi connectivity index (χ0) is 12.3. The number of rotatable bonds is 9. The minimum Gasteiger partial charge on any atom is -0.497 e. The minimum atomic E-state index is 0.707. The van der Waals surface area contributed by atoms with Gasteiger partial charge in [0.15, 0.2) is 0 Å². The van der Waals surface area contributed by atoms with E-state index in [4.69, 9.17) is 9.47 Å². The van der Waals surface area contributed by atoms with Crippen LogP contribution >= 0.6 is 0 Å². The zero-order valence-electron chi connectivity index (χ0n) is 10.9. The number of unbranched alkanes of at least 4 members (excludes halogenated alkanes) is 2. The molecule has 0 fully saturated rings. The zero-order valence-corrected chi connectivity index (χ0v) is 10.9. The molecule has 0 bridgehead atoms. The summed E-state index contributed by atoms with van der Waals surface area (Å²) in [5.74, 6) is 1.75. The van der Waals surface area contributed by atoms with Gasteiger partial charge in [-0.15, -0.1) is 0 Å². The van der Waals surface area contributed by atoms with Crippen LogP contribution in [0.15, 0.2) is 24.3 Å². The van der Waals surface area contributed by atoms with Gasteiger partial charge in [-0.3, -0.25) is 0 Å². The van der Waals surface area contributed by atoms with Crippen molar-refractivity contribution in [2.24, 2.45) is 0 Å². The van der Waals surface area contributed by atoms with Crippen molar-refractivity contribution in [3.8, 4) is 11.5 Å². The highest BCUT2D eigenvalue weighted by atomic mass is 16.5. The first-order chi connectivity index (χ1) is 8.36. The molecule has 0 spiro atoms. The Hall–Kier alpha value is -1.22. The summed E-state index contributed by atoms with van der Waals surface area (Å²) < 4.78 is 10.7. The van der Waals surface area contributed by atoms with Crippen LogP contribution in [0, 0.1) is 0 Å². The normalized spacial score (nSPS) is 10.2. The van der Waals surface area contributed by atoms with Crippen molar-refractivity contribution in [3.63, 3.8) is 0 Å². The molecular formula is C14H23NO2. The molecule has 0 atom stereocenters. The largest absolute Gasteiger partial charge is 0.497 e. The smallest absolute Gasteiger partial charge is 0.119 e. The second-order valence-electron chi connectivity index (χ2n) is 3.98. The average molecular weight is 237 g/mol. The SMILES string of the molecule is CCCCCNCCOc1ccc(OC)cc1. The van der Waals surface area contributed by atoms with E-state index in [0.29, 0.717) is 6.61 Å². The van der Waals surface area contributed by atoms with Crippen molar-refractivity contribution in [1.29, 1.82) is 0 Å². The average Bonchev–Trinajstić information content (AvgIpc) is 2.38. The lowest BCUT2D eigenvalue weighted by atomic mass is 10.2. The summed E-state index contributed by atoms with van der Waals surface area (Å²) in [6, 6.07) is 7.67. The first kappa shape index (κ1) is 13.8. The predicted molar refractivity (Wildman–Crippen MR) is 70.9 cm³/mol. The van der Waals surface area contributed by atoms with Gasteiger partial charge >= 0.3 is 0 Å². The van der Waals surface area contributed by atoms with E-state index >= 15 is 0 Å². The van der Waals surface area contributed by atoms with E-state index in [-0.39, 0.29) is 0 Å². The van der Waals surface area contributed by atoms with E-state index in [9.17, 15) is 0 Å². The topological polar surface area (TPSA) is 30.5 Å². The number of hydrogen-bond acceptors (Lipinski definition) is 3. The Labute approximate surface area is 104 Å². The fraction of sp³-hybridized carbons (Fsp3) is 0.571. The quantitative estimate of drug-likeness (QED) is 0.670. The first-order valence-corrected chi connectivity index (χ1v) is 6.34. The molecule has 3 nitrogen and oxygen atoms in total. The Morgan fingerprint density at radius 2 is 1.71 bits per heavy atom. The second-order valence-corrected chi connectivity index (χ2v) is 3.98. The van der Waals surface area contributed by atoms with Crippen molar-refractivity contribution >= 4 is 0 Å². The molecule has 1 N–H and O–H groups in total. The van der Waals surface area contributed by atoms with Crippen LogP contribution in [0.2, 0.25) is 0 Å². The van der Waals surface area contributed by atoms with Crippen molar-refractivity contribution in [3.05, 3.63) is 24.3 Å². The van der Waals surface area contributed by atoms with Crippen LogP contribution in [-0.2, 0) is 0 Å². The van der Waals surface area contributed by atoms with Gasteiger partial charge in [0.05, 0.1) is 7.11 Å². The van der Waals surface area contributed by atoms with Gasteiger partial charge in [-0.2, -0.15) is 0 Å². The van der Waals surface area contributed by atoms with Crippen molar-refractivity contribution in [2.75, 3.05) is 26.8 Å². The fourth-order valence-electron chi connectivity index (χ4n) is 1.54. The number of hydrogen-bond donors (Lipinski definition) is 1. The Balaban J connectivity index is 2.05. The van der Waals surface area contributed by atoms with Gasteiger partial charge in [-0.1, -0.05) is 19.8 Å². The minimum absolute atomic E-state index is 0.707. The van der Waals surface area contributed by atoms with E-state index in [1.165, 1.54) is 19.3 Å². The van der Waals surface area contributed by atoms with E-state index in [0.717, 1.165) is 24.6 Å². The summed E-state index contributed by atoms with van der Waals surface area (Å²) in [4.78, 5) is 0. The molecule has 0 radical (unpaired) electrons. The highest BCUT2D eigenvalue weighted by Gasteiger charge is 1.94. The van der Waals surface area contributed by atoms with Crippen molar-refractivity contribution < 1.29 is 9.47 Å². The fourth-order valence-corrected chi connectivity index (χ4v) is 1.54. The summed E-state index contributed by atoms with van der Waals surface area (Å²) >= 11 is 0. The maximum atomic E-state index is 5.59. The van der Waals surface area contributed by atoms with Crippen molar-refractivity contribution in [2.45, 2.75) is 26.2 Å². The molecule has 17 heavy (non-hydrogen) atoms. The number of methoxy groups -OCH3 is 1. The van der Waals surface area contributed by atoms with Gasteiger partial charge in [0.1, 0.15) is 18.1 Å². The summed E-state index contributed by atoms with van der Waals surface area (Å²) in [7, 11) is 1.66. The second kappa shape index (κ2) is 8.88. The third-order valence-corrected chi connectivity index (χ3v) is 2.56. The highest BCUT2D eigenvalue weighted by Crippen LogP contribution is 2.16. The number of benzene rings is 1. The Morgan fingerprint density at radius 1 is 1.00 bits per heavy atom. The summed E-state index contributed by atoms with van der Waals surface area (Å²) in [6.45, 7) is 4.90. The molecule has 0 unspecified atom stereocenters. The lowest BCUT2D eigenvalue weighted by molar-refractivity contribution is 0.313. The molecular weight excluding hydrogens is 214 g/mol.